The SMILES string of the molecule is CC[Si](CCC1CCC(O)C(O)C1)(OC)O[Si](C)(C)O. The standard InChI is InChI=1S/C13H30O5Si2/c1-5-20(17-2,18-19(3,4)16)9-8-11-6-7-12(14)13(15)10-11/h11-16H,5-10H2,1-4H3. The maximum absolute atomic E-state index is 10.0. The molecular weight excluding hydrogens is 292 g/mol. The summed E-state index contributed by atoms with van der Waals surface area (Å²) in [5, 5.41) is 19.3. The molecule has 0 aromatic heterocycles. The highest BCUT2D eigenvalue weighted by atomic mass is 28.5. The van der Waals surface area contributed by atoms with Crippen molar-refractivity contribution in [3.63, 3.8) is 0 Å². The first-order valence-electron chi connectivity index (χ1n) is 7.55. The Bertz CT molecular complexity index is 291. The number of hydrogen-bond acceptors (Lipinski definition) is 5. The maximum Gasteiger partial charge on any atom is 0.328 e. The van der Waals surface area contributed by atoms with Crippen LogP contribution in [0.3, 0.4) is 0 Å². The van der Waals surface area contributed by atoms with Crippen LogP contribution in [0.1, 0.15) is 32.6 Å². The molecule has 4 unspecified atom stereocenters. The van der Waals surface area contributed by atoms with Gasteiger partial charge in [0.15, 0.2) is 0 Å². The fraction of sp³-hybridized carbons (Fsp3) is 1.00. The van der Waals surface area contributed by atoms with Crippen molar-refractivity contribution in [1.29, 1.82) is 0 Å². The molecule has 120 valence electrons. The van der Waals surface area contributed by atoms with Gasteiger partial charge < -0.3 is 23.5 Å². The minimum Gasteiger partial charge on any atom is -0.415 e. The zero-order chi connectivity index (χ0) is 15.4. The zero-order valence-electron chi connectivity index (χ0n) is 13.1. The van der Waals surface area contributed by atoms with Gasteiger partial charge in [-0.25, -0.2) is 0 Å². The summed E-state index contributed by atoms with van der Waals surface area (Å²) >= 11 is 0. The second kappa shape index (κ2) is 7.48. The van der Waals surface area contributed by atoms with Crippen LogP contribution in [-0.2, 0) is 8.54 Å². The van der Waals surface area contributed by atoms with Crippen LogP contribution in [-0.4, -0.2) is 51.4 Å². The monoisotopic (exact) mass is 322 g/mol. The van der Waals surface area contributed by atoms with Gasteiger partial charge in [-0.05, 0) is 56.8 Å². The largest absolute Gasteiger partial charge is 0.415 e. The summed E-state index contributed by atoms with van der Waals surface area (Å²) in [6, 6.07) is 1.66. The van der Waals surface area contributed by atoms with E-state index in [0.29, 0.717) is 18.8 Å². The van der Waals surface area contributed by atoms with Crippen molar-refractivity contribution < 1.29 is 23.5 Å². The Morgan fingerprint density at radius 1 is 1.15 bits per heavy atom. The predicted octanol–water partition coefficient (Wildman–Crippen LogP) is 1.72. The highest BCUT2D eigenvalue weighted by Gasteiger charge is 2.41. The van der Waals surface area contributed by atoms with Gasteiger partial charge in [0.1, 0.15) is 0 Å². The molecule has 0 aromatic carbocycles. The summed E-state index contributed by atoms with van der Waals surface area (Å²) in [5.74, 6) is 0.411. The summed E-state index contributed by atoms with van der Waals surface area (Å²) in [7, 11) is -3.26. The quantitative estimate of drug-likeness (QED) is 0.622. The van der Waals surface area contributed by atoms with E-state index in [2.05, 4.69) is 6.92 Å². The third-order valence-electron chi connectivity index (χ3n) is 4.17. The molecule has 0 heterocycles. The van der Waals surface area contributed by atoms with Crippen molar-refractivity contribution in [3.8, 4) is 0 Å². The molecule has 0 aliphatic heterocycles. The van der Waals surface area contributed by atoms with Gasteiger partial charge in [0.2, 0.25) is 0 Å². The van der Waals surface area contributed by atoms with E-state index in [1.807, 2.05) is 0 Å². The molecule has 1 aliphatic carbocycles. The first-order valence-corrected chi connectivity index (χ1v) is 12.6. The molecule has 5 nitrogen and oxygen atoms in total. The highest BCUT2D eigenvalue weighted by Crippen LogP contribution is 2.32. The van der Waals surface area contributed by atoms with E-state index in [9.17, 15) is 15.0 Å². The van der Waals surface area contributed by atoms with E-state index in [0.717, 1.165) is 24.9 Å². The summed E-state index contributed by atoms with van der Waals surface area (Å²) < 4.78 is 11.6. The fourth-order valence-electron chi connectivity index (χ4n) is 2.94. The van der Waals surface area contributed by atoms with Crippen molar-refractivity contribution in [3.05, 3.63) is 0 Å². The second-order valence-corrected chi connectivity index (χ2v) is 13.5. The van der Waals surface area contributed by atoms with Crippen molar-refractivity contribution in [2.75, 3.05) is 7.11 Å². The Hall–Kier alpha value is 0.234. The molecule has 7 heteroatoms. The van der Waals surface area contributed by atoms with Gasteiger partial charge in [-0.15, -0.1) is 0 Å². The normalized spacial score (nSPS) is 31.1. The van der Waals surface area contributed by atoms with Crippen LogP contribution >= 0.6 is 0 Å². The maximum atomic E-state index is 10.0. The van der Waals surface area contributed by atoms with E-state index < -0.39 is 29.3 Å². The lowest BCUT2D eigenvalue weighted by molar-refractivity contribution is -0.0260. The van der Waals surface area contributed by atoms with Crippen LogP contribution in [0.25, 0.3) is 0 Å². The lowest BCUT2D eigenvalue weighted by Gasteiger charge is -2.36. The minimum atomic E-state index is -2.60. The molecule has 4 atom stereocenters. The number of hydrogen-bond donors (Lipinski definition) is 3. The Kier molecular flexibility index (Phi) is 6.84. The lowest BCUT2D eigenvalue weighted by Crippen LogP contribution is -2.50. The van der Waals surface area contributed by atoms with E-state index in [-0.39, 0.29) is 0 Å². The molecule has 1 fully saturated rings. The molecule has 20 heavy (non-hydrogen) atoms. The number of aliphatic hydroxyl groups excluding tert-OH is 2. The molecule has 0 amide bonds. The number of aliphatic hydroxyl groups is 2. The third-order valence-corrected chi connectivity index (χ3v) is 10.5. The van der Waals surface area contributed by atoms with Gasteiger partial charge >= 0.3 is 17.1 Å². The lowest BCUT2D eigenvalue weighted by atomic mass is 9.84. The van der Waals surface area contributed by atoms with Crippen LogP contribution < -0.4 is 0 Å². The van der Waals surface area contributed by atoms with Crippen LogP contribution in [0.4, 0.5) is 0 Å². The molecule has 1 saturated carbocycles. The zero-order valence-corrected chi connectivity index (χ0v) is 15.1. The van der Waals surface area contributed by atoms with Crippen LogP contribution in [0.5, 0.6) is 0 Å². The van der Waals surface area contributed by atoms with Gasteiger partial charge in [-0.2, -0.15) is 0 Å². The van der Waals surface area contributed by atoms with E-state index >= 15 is 0 Å². The average Bonchev–Trinajstić information content (AvgIpc) is 2.37. The Labute approximate surface area is 124 Å². The Morgan fingerprint density at radius 3 is 2.25 bits per heavy atom. The topological polar surface area (TPSA) is 79.2 Å². The molecule has 1 aliphatic rings. The Balaban J connectivity index is 2.54. The molecule has 0 saturated heterocycles. The van der Waals surface area contributed by atoms with Crippen LogP contribution in [0.15, 0.2) is 0 Å². The Morgan fingerprint density at radius 2 is 1.80 bits per heavy atom. The van der Waals surface area contributed by atoms with E-state index in [1.54, 1.807) is 20.2 Å². The smallest absolute Gasteiger partial charge is 0.328 e. The first kappa shape index (κ1) is 18.3. The van der Waals surface area contributed by atoms with E-state index in [4.69, 9.17) is 8.54 Å². The van der Waals surface area contributed by atoms with Crippen molar-refractivity contribution in [2.24, 2.45) is 5.92 Å². The predicted molar refractivity (Wildman–Crippen MR) is 82.8 cm³/mol. The van der Waals surface area contributed by atoms with E-state index in [1.165, 1.54) is 0 Å². The van der Waals surface area contributed by atoms with Gasteiger partial charge in [0.25, 0.3) is 0 Å². The number of rotatable bonds is 7. The van der Waals surface area contributed by atoms with Gasteiger partial charge in [0, 0.05) is 7.11 Å². The van der Waals surface area contributed by atoms with Crippen molar-refractivity contribution in [2.45, 2.75) is 70.0 Å². The third kappa shape index (κ3) is 5.55. The summed E-state index contributed by atoms with van der Waals surface area (Å²) in [6.07, 6.45) is 2.03. The van der Waals surface area contributed by atoms with Crippen LogP contribution in [0, 0.1) is 5.92 Å². The summed E-state index contributed by atoms with van der Waals surface area (Å²) in [5.41, 5.74) is 0. The summed E-state index contributed by atoms with van der Waals surface area (Å²) in [6.45, 7) is 5.59. The molecule has 0 radical (unpaired) electrons. The minimum absolute atomic E-state index is 0.411. The fourth-order valence-corrected chi connectivity index (χ4v) is 9.60. The molecule has 3 N–H and O–H groups in total. The van der Waals surface area contributed by atoms with Gasteiger partial charge in [-0.1, -0.05) is 6.92 Å². The van der Waals surface area contributed by atoms with Crippen molar-refractivity contribution in [1.82, 2.24) is 0 Å². The first-order chi connectivity index (χ1) is 9.21. The molecule has 0 bridgehead atoms. The van der Waals surface area contributed by atoms with Crippen molar-refractivity contribution >= 4 is 17.1 Å². The molecule has 1 rings (SSSR count). The molecule has 0 aromatic rings. The average molecular weight is 323 g/mol. The summed E-state index contributed by atoms with van der Waals surface area (Å²) in [4.78, 5) is 10.0. The molecule has 0 spiro atoms. The van der Waals surface area contributed by atoms with Gasteiger partial charge in [0.05, 0.1) is 12.2 Å². The van der Waals surface area contributed by atoms with Gasteiger partial charge in [-0.3, -0.25) is 0 Å². The highest BCUT2D eigenvalue weighted by molar-refractivity contribution is 6.79. The second-order valence-electron chi connectivity index (χ2n) is 6.37. The van der Waals surface area contributed by atoms with Crippen LogP contribution in [0.2, 0.25) is 25.2 Å². The molecular formula is C13H30O5Si2.